The minimum atomic E-state index is -0.971. The number of methoxy groups -OCH3 is 2. The summed E-state index contributed by atoms with van der Waals surface area (Å²) < 4.78 is 32.9. The average Bonchev–Trinajstić information content (AvgIpc) is 3.21. The molecule has 1 atom stereocenters. The molecule has 150 valence electrons. The standard InChI is InChI=1S/C19H16N2O8/c1-24-12-4-9(14(25-2)18-16(12)26-7-27-18)13-10(5-20)19(21)29-15-11(23)3-8(6-22)28-17(13)15/h3-4,13,22H,6-7,21H2,1-2H3/t13-/m1/s1. The molecule has 0 saturated heterocycles. The maximum Gasteiger partial charge on any atom is 0.231 e. The minimum Gasteiger partial charge on any atom is -0.493 e. The molecule has 10 heteroatoms. The lowest BCUT2D eigenvalue weighted by Crippen LogP contribution is -2.25. The number of ether oxygens (including phenoxy) is 5. The Balaban J connectivity index is 2.06. The van der Waals surface area contributed by atoms with Gasteiger partial charge in [-0.15, -0.1) is 0 Å². The zero-order valence-electron chi connectivity index (χ0n) is 15.5. The summed E-state index contributed by atoms with van der Waals surface area (Å²) in [7, 11) is 2.87. The molecule has 3 heterocycles. The molecule has 0 fully saturated rings. The van der Waals surface area contributed by atoms with E-state index in [1.54, 1.807) is 6.07 Å². The number of benzene rings is 1. The molecule has 1 aromatic heterocycles. The molecule has 2 aliphatic rings. The molecule has 1 aromatic carbocycles. The van der Waals surface area contributed by atoms with Crippen LogP contribution in [-0.2, 0) is 6.61 Å². The van der Waals surface area contributed by atoms with E-state index in [2.05, 4.69) is 0 Å². The Morgan fingerprint density at radius 1 is 1.24 bits per heavy atom. The quantitative estimate of drug-likeness (QED) is 0.764. The van der Waals surface area contributed by atoms with Crippen LogP contribution in [0.2, 0.25) is 0 Å². The first-order valence-corrected chi connectivity index (χ1v) is 8.43. The third-order valence-electron chi connectivity index (χ3n) is 4.61. The van der Waals surface area contributed by atoms with Crippen LogP contribution in [0.4, 0.5) is 0 Å². The van der Waals surface area contributed by atoms with Crippen LogP contribution in [0.5, 0.6) is 28.7 Å². The van der Waals surface area contributed by atoms with Crippen LogP contribution in [0.15, 0.2) is 32.8 Å². The predicted molar refractivity (Wildman–Crippen MR) is 95.9 cm³/mol. The summed E-state index contributed by atoms with van der Waals surface area (Å²) in [4.78, 5) is 12.5. The molecule has 2 aliphatic heterocycles. The molecule has 0 spiro atoms. The van der Waals surface area contributed by atoms with Gasteiger partial charge in [0.05, 0.1) is 20.1 Å². The number of aliphatic hydroxyl groups is 1. The predicted octanol–water partition coefficient (Wildman–Crippen LogP) is 1.10. The third kappa shape index (κ3) is 2.71. The Bertz CT molecular complexity index is 1130. The molecule has 29 heavy (non-hydrogen) atoms. The van der Waals surface area contributed by atoms with Gasteiger partial charge in [0.1, 0.15) is 24.0 Å². The Morgan fingerprint density at radius 3 is 2.66 bits per heavy atom. The van der Waals surface area contributed by atoms with Crippen molar-refractivity contribution in [2.24, 2.45) is 5.73 Å². The average molecular weight is 400 g/mol. The Hall–Kier alpha value is -3.84. The number of fused-ring (bicyclic) bond motifs is 2. The van der Waals surface area contributed by atoms with Gasteiger partial charge in [-0.1, -0.05) is 0 Å². The van der Waals surface area contributed by atoms with Crippen molar-refractivity contribution in [1.82, 2.24) is 0 Å². The lowest BCUT2D eigenvalue weighted by atomic mass is 9.86. The molecule has 0 radical (unpaired) electrons. The molecule has 3 N–H and O–H groups in total. The smallest absolute Gasteiger partial charge is 0.231 e. The number of hydrogen-bond donors (Lipinski definition) is 2. The molecule has 0 amide bonds. The van der Waals surface area contributed by atoms with Crippen molar-refractivity contribution in [2.45, 2.75) is 12.5 Å². The zero-order valence-corrected chi connectivity index (χ0v) is 15.5. The molecule has 0 bridgehead atoms. The van der Waals surface area contributed by atoms with Gasteiger partial charge in [-0.25, -0.2) is 0 Å². The van der Waals surface area contributed by atoms with Gasteiger partial charge in [-0.3, -0.25) is 4.79 Å². The minimum absolute atomic E-state index is 0.00467. The highest BCUT2D eigenvalue weighted by Gasteiger charge is 2.40. The zero-order chi connectivity index (χ0) is 20.7. The molecular weight excluding hydrogens is 384 g/mol. The van der Waals surface area contributed by atoms with E-state index in [0.717, 1.165) is 6.07 Å². The van der Waals surface area contributed by atoms with Crippen LogP contribution in [0, 0.1) is 11.3 Å². The summed E-state index contributed by atoms with van der Waals surface area (Å²) in [5.74, 6) is -0.158. The summed E-state index contributed by atoms with van der Waals surface area (Å²) in [5.41, 5.74) is 5.75. The van der Waals surface area contributed by atoms with Gasteiger partial charge < -0.3 is 38.9 Å². The summed E-state index contributed by atoms with van der Waals surface area (Å²) in [6, 6.07) is 4.67. The summed E-state index contributed by atoms with van der Waals surface area (Å²) in [5, 5.41) is 19.2. The fraction of sp³-hybridized carbons (Fsp3) is 0.263. The van der Waals surface area contributed by atoms with Crippen LogP contribution in [0.1, 0.15) is 23.0 Å². The third-order valence-corrected chi connectivity index (χ3v) is 4.61. The van der Waals surface area contributed by atoms with E-state index < -0.39 is 18.0 Å². The Labute approximate surface area is 164 Å². The number of nitrogens with two attached hydrogens (primary N) is 1. The van der Waals surface area contributed by atoms with Crippen molar-refractivity contribution >= 4 is 0 Å². The number of hydrogen-bond acceptors (Lipinski definition) is 10. The second-order valence-electron chi connectivity index (χ2n) is 6.12. The van der Waals surface area contributed by atoms with Crippen LogP contribution in [0.25, 0.3) is 0 Å². The molecule has 4 rings (SSSR count). The Morgan fingerprint density at radius 2 is 2.00 bits per heavy atom. The largest absolute Gasteiger partial charge is 0.493 e. The maximum atomic E-state index is 12.5. The van der Waals surface area contributed by atoms with Crippen LogP contribution < -0.4 is 34.8 Å². The van der Waals surface area contributed by atoms with Crippen LogP contribution in [0.3, 0.4) is 0 Å². The highest BCUT2D eigenvalue weighted by atomic mass is 16.7. The molecule has 0 unspecified atom stereocenters. The van der Waals surface area contributed by atoms with Crippen molar-refractivity contribution in [2.75, 3.05) is 21.0 Å². The summed E-state index contributed by atoms with van der Waals surface area (Å²) in [6.45, 7) is -0.555. The first-order chi connectivity index (χ1) is 14.0. The lowest BCUT2D eigenvalue weighted by Gasteiger charge is -2.26. The number of nitriles is 1. The molecule has 0 saturated carbocycles. The van der Waals surface area contributed by atoms with Gasteiger partial charge in [0.2, 0.25) is 35.4 Å². The normalized spacial score (nSPS) is 16.7. The van der Waals surface area contributed by atoms with E-state index in [1.165, 1.54) is 14.2 Å². The fourth-order valence-corrected chi connectivity index (χ4v) is 3.38. The van der Waals surface area contributed by atoms with Gasteiger partial charge in [0, 0.05) is 11.6 Å². The van der Waals surface area contributed by atoms with Gasteiger partial charge in [-0.2, -0.15) is 5.26 Å². The summed E-state index contributed by atoms with van der Waals surface area (Å²) >= 11 is 0. The number of allylic oxidation sites excluding steroid dienone is 1. The highest BCUT2D eigenvalue weighted by molar-refractivity contribution is 5.68. The van der Waals surface area contributed by atoms with Crippen molar-refractivity contribution in [1.29, 1.82) is 5.26 Å². The van der Waals surface area contributed by atoms with Gasteiger partial charge >= 0.3 is 0 Å². The first-order valence-electron chi connectivity index (χ1n) is 8.43. The monoisotopic (exact) mass is 400 g/mol. The topological polar surface area (TPSA) is 146 Å². The van der Waals surface area contributed by atoms with Gasteiger partial charge in [-0.05, 0) is 6.07 Å². The van der Waals surface area contributed by atoms with Crippen LogP contribution in [-0.4, -0.2) is 26.1 Å². The number of rotatable bonds is 4. The van der Waals surface area contributed by atoms with Crippen molar-refractivity contribution in [3.05, 3.63) is 50.9 Å². The molecule has 10 nitrogen and oxygen atoms in total. The van der Waals surface area contributed by atoms with Crippen LogP contribution >= 0.6 is 0 Å². The van der Waals surface area contributed by atoms with E-state index in [1.807, 2.05) is 6.07 Å². The molecule has 0 aliphatic carbocycles. The fourth-order valence-electron chi connectivity index (χ4n) is 3.38. The highest BCUT2D eigenvalue weighted by Crippen LogP contribution is 2.54. The van der Waals surface area contributed by atoms with Crippen molar-refractivity contribution in [3.8, 4) is 34.8 Å². The number of nitrogens with zero attached hydrogens (tertiary/aromatic N) is 1. The number of aliphatic hydroxyl groups excluding tert-OH is 1. The summed E-state index contributed by atoms with van der Waals surface area (Å²) in [6.07, 6.45) is 0. The van der Waals surface area contributed by atoms with E-state index in [4.69, 9.17) is 33.8 Å². The Kier molecular flexibility index (Phi) is 4.44. The second-order valence-corrected chi connectivity index (χ2v) is 6.12. The SMILES string of the molecule is COc1cc([C@@H]2C(C#N)=C(N)Oc3c2oc(CO)cc3=O)c(OC)c2c1OCO2. The molecular formula is C19H16N2O8. The van der Waals surface area contributed by atoms with E-state index in [9.17, 15) is 15.2 Å². The van der Waals surface area contributed by atoms with Crippen molar-refractivity contribution in [3.63, 3.8) is 0 Å². The maximum absolute atomic E-state index is 12.5. The molecule has 2 aromatic rings. The lowest BCUT2D eigenvalue weighted by molar-refractivity contribution is 0.168. The van der Waals surface area contributed by atoms with Gasteiger partial charge in [0.15, 0.2) is 17.3 Å². The first kappa shape index (κ1) is 18.5. The van der Waals surface area contributed by atoms with Crippen molar-refractivity contribution < 1.29 is 33.2 Å². The van der Waals surface area contributed by atoms with Gasteiger partial charge in [0.25, 0.3) is 0 Å². The van der Waals surface area contributed by atoms with E-state index in [-0.39, 0.29) is 47.0 Å². The van der Waals surface area contributed by atoms with E-state index >= 15 is 0 Å². The van der Waals surface area contributed by atoms with E-state index in [0.29, 0.717) is 17.1 Å². The second kappa shape index (κ2) is 6.96.